The summed E-state index contributed by atoms with van der Waals surface area (Å²) in [6.07, 6.45) is 0.261. The van der Waals surface area contributed by atoms with Crippen molar-refractivity contribution in [3.05, 3.63) is 0 Å². The van der Waals surface area contributed by atoms with E-state index in [4.69, 9.17) is 9.47 Å². The molecule has 0 unspecified atom stereocenters. The van der Waals surface area contributed by atoms with Gasteiger partial charge in [0.2, 0.25) is 11.8 Å². The third kappa shape index (κ3) is 4.94. The maximum absolute atomic E-state index is 11.9. The second kappa shape index (κ2) is 7.43. The van der Waals surface area contributed by atoms with Crippen molar-refractivity contribution >= 4 is 23.6 Å². The van der Waals surface area contributed by atoms with Gasteiger partial charge in [0.05, 0.1) is 6.42 Å². The lowest BCUT2D eigenvalue weighted by atomic mass is 10.3. The van der Waals surface area contributed by atoms with Crippen LogP contribution in [0.5, 0.6) is 0 Å². The van der Waals surface area contributed by atoms with Gasteiger partial charge in [-0.3, -0.25) is 9.59 Å². The molecule has 0 saturated carbocycles. The van der Waals surface area contributed by atoms with E-state index in [1.54, 1.807) is 0 Å². The Labute approximate surface area is 135 Å². The number of rotatable bonds is 6. The fraction of sp³-hybridized carbons (Fsp3) is 0.733. The van der Waals surface area contributed by atoms with Crippen molar-refractivity contribution in [2.24, 2.45) is 9.98 Å². The van der Waals surface area contributed by atoms with Crippen LogP contribution in [0.1, 0.15) is 34.1 Å². The average molecular weight is 324 g/mol. The van der Waals surface area contributed by atoms with Crippen LogP contribution in [0.2, 0.25) is 0 Å². The SMILES string of the molecule is CC(C)NC(=O)[C@@H]1COC(CC2=N[C@H](C(=O)NC(C)C)CO2)=N1. The Bertz CT molecular complexity index is 482. The van der Waals surface area contributed by atoms with Gasteiger partial charge in [-0.15, -0.1) is 0 Å². The number of hydrogen-bond acceptors (Lipinski definition) is 6. The number of hydrogen-bond donors (Lipinski definition) is 2. The Hall–Kier alpha value is -2.12. The van der Waals surface area contributed by atoms with Gasteiger partial charge in [0.1, 0.15) is 13.2 Å². The number of carbonyl (C=O) groups is 2. The number of aliphatic imine (C=N–C) groups is 2. The zero-order valence-electron chi connectivity index (χ0n) is 14.0. The molecule has 128 valence electrons. The Morgan fingerprint density at radius 2 is 1.35 bits per heavy atom. The molecule has 2 atom stereocenters. The van der Waals surface area contributed by atoms with E-state index in [0.717, 1.165) is 0 Å². The van der Waals surface area contributed by atoms with Gasteiger partial charge in [0.15, 0.2) is 23.9 Å². The van der Waals surface area contributed by atoms with Crippen LogP contribution in [0.25, 0.3) is 0 Å². The Morgan fingerprint density at radius 3 is 1.70 bits per heavy atom. The number of nitrogens with one attached hydrogen (secondary N) is 2. The van der Waals surface area contributed by atoms with Gasteiger partial charge in [-0.2, -0.15) is 0 Å². The van der Waals surface area contributed by atoms with E-state index in [2.05, 4.69) is 20.6 Å². The van der Waals surface area contributed by atoms with Crippen LogP contribution in [0.4, 0.5) is 0 Å². The summed E-state index contributed by atoms with van der Waals surface area (Å²) < 4.78 is 10.8. The van der Waals surface area contributed by atoms with Crippen LogP contribution in [-0.4, -0.2) is 61.0 Å². The van der Waals surface area contributed by atoms with E-state index >= 15 is 0 Å². The summed E-state index contributed by atoms with van der Waals surface area (Å²) in [5.41, 5.74) is 0. The molecule has 2 N–H and O–H groups in total. The first kappa shape index (κ1) is 17.2. The Kier molecular flexibility index (Phi) is 5.57. The molecule has 0 spiro atoms. The van der Waals surface area contributed by atoms with Crippen LogP contribution < -0.4 is 10.6 Å². The van der Waals surface area contributed by atoms with Crippen molar-refractivity contribution in [1.82, 2.24) is 10.6 Å². The first-order valence-corrected chi connectivity index (χ1v) is 7.85. The zero-order chi connectivity index (χ0) is 17.0. The van der Waals surface area contributed by atoms with Crippen molar-refractivity contribution in [2.45, 2.75) is 58.3 Å². The van der Waals surface area contributed by atoms with Crippen molar-refractivity contribution in [1.29, 1.82) is 0 Å². The summed E-state index contributed by atoms with van der Waals surface area (Å²) in [4.78, 5) is 32.2. The van der Waals surface area contributed by atoms with Crippen LogP contribution >= 0.6 is 0 Å². The predicted octanol–water partition coefficient (Wildman–Crippen LogP) is 0.0203. The predicted molar refractivity (Wildman–Crippen MR) is 85.5 cm³/mol. The second-order valence-electron chi connectivity index (χ2n) is 6.20. The Morgan fingerprint density at radius 1 is 0.957 bits per heavy atom. The largest absolute Gasteiger partial charge is 0.478 e. The van der Waals surface area contributed by atoms with Gasteiger partial charge in [0.25, 0.3) is 0 Å². The number of nitrogens with zero attached hydrogens (tertiary/aromatic N) is 2. The molecular weight excluding hydrogens is 300 g/mol. The summed E-state index contributed by atoms with van der Waals surface area (Å²) in [5.74, 6) is 0.520. The van der Waals surface area contributed by atoms with E-state index in [0.29, 0.717) is 11.8 Å². The highest BCUT2D eigenvalue weighted by atomic mass is 16.5. The lowest BCUT2D eigenvalue weighted by Crippen LogP contribution is -2.38. The molecule has 23 heavy (non-hydrogen) atoms. The van der Waals surface area contributed by atoms with E-state index < -0.39 is 12.1 Å². The van der Waals surface area contributed by atoms with Crippen molar-refractivity contribution in [3.8, 4) is 0 Å². The summed E-state index contributed by atoms with van der Waals surface area (Å²) in [6, 6.07) is -0.946. The van der Waals surface area contributed by atoms with Crippen LogP contribution in [0.15, 0.2) is 9.98 Å². The van der Waals surface area contributed by atoms with Crippen molar-refractivity contribution in [2.75, 3.05) is 13.2 Å². The second-order valence-corrected chi connectivity index (χ2v) is 6.20. The molecule has 2 aliphatic heterocycles. The topological polar surface area (TPSA) is 101 Å². The van der Waals surface area contributed by atoms with Gasteiger partial charge in [-0.25, -0.2) is 9.98 Å². The fourth-order valence-electron chi connectivity index (χ4n) is 2.20. The molecule has 0 aromatic carbocycles. The maximum atomic E-state index is 11.9. The Balaban J connectivity index is 1.88. The molecule has 2 heterocycles. The van der Waals surface area contributed by atoms with Crippen LogP contribution in [0, 0.1) is 0 Å². The van der Waals surface area contributed by atoms with Crippen molar-refractivity contribution < 1.29 is 19.1 Å². The van der Waals surface area contributed by atoms with Gasteiger partial charge < -0.3 is 20.1 Å². The zero-order valence-corrected chi connectivity index (χ0v) is 14.0. The monoisotopic (exact) mass is 324 g/mol. The molecule has 0 fully saturated rings. The van der Waals surface area contributed by atoms with Gasteiger partial charge >= 0.3 is 0 Å². The molecule has 0 saturated heterocycles. The highest BCUT2D eigenvalue weighted by Crippen LogP contribution is 2.13. The quantitative estimate of drug-likeness (QED) is 0.719. The number of ether oxygens (including phenoxy) is 2. The van der Waals surface area contributed by atoms with Crippen molar-refractivity contribution in [3.63, 3.8) is 0 Å². The summed E-state index contributed by atoms with van der Waals surface area (Å²) in [7, 11) is 0. The van der Waals surface area contributed by atoms with E-state index in [1.807, 2.05) is 27.7 Å². The first-order valence-electron chi connectivity index (χ1n) is 7.85. The minimum absolute atomic E-state index is 0.0597. The van der Waals surface area contributed by atoms with Gasteiger partial charge in [-0.05, 0) is 27.7 Å². The molecule has 8 heteroatoms. The molecule has 2 rings (SSSR count). The first-order chi connectivity index (χ1) is 10.8. The lowest BCUT2D eigenvalue weighted by Gasteiger charge is -2.09. The molecule has 0 aromatic heterocycles. The molecule has 0 radical (unpaired) electrons. The third-order valence-corrected chi connectivity index (χ3v) is 3.18. The minimum atomic E-state index is -0.533. The highest BCUT2D eigenvalue weighted by Gasteiger charge is 2.30. The minimum Gasteiger partial charge on any atom is -0.478 e. The number of amides is 2. The molecule has 0 bridgehead atoms. The molecule has 8 nitrogen and oxygen atoms in total. The van der Waals surface area contributed by atoms with Crippen LogP contribution in [0.3, 0.4) is 0 Å². The normalized spacial score (nSPS) is 23.2. The summed E-state index contributed by atoms with van der Waals surface area (Å²) in [5, 5.41) is 5.60. The molecule has 2 aliphatic rings. The average Bonchev–Trinajstić information content (AvgIpc) is 3.07. The van der Waals surface area contributed by atoms with Crippen LogP contribution in [-0.2, 0) is 19.1 Å². The fourth-order valence-corrected chi connectivity index (χ4v) is 2.20. The third-order valence-electron chi connectivity index (χ3n) is 3.18. The number of carbonyl (C=O) groups excluding carboxylic acids is 2. The van der Waals surface area contributed by atoms with Gasteiger partial charge in [-0.1, -0.05) is 0 Å². The summed E-state index contributed by atoms with van der Waals surface area (Å²) in [6.45, 7) is 8.00. The molecular formula is C15H24N4O4. The smallest absolute Gasteiger partial charge is 0.248 e. The summed E-state index contributed by atoms with van der Waals surface area (Å²) >= 11 is 0. The van der Waals surface area contributed by atoms with E-state index in [-0.39, 0.29) is 43.5 Å². The van der Waals surface area contributed by atoms with E-state index in [9.17, 15) is 9.59 Å². The molecule has 0 aromatic rings. The van der Waals surface area contributed by atoms with E-state index in [1.165, 1.54) is 0 Å². The lowest BCUT2D eigenvalue weighted by molar-refractivity contribution is -0.123. The molecule has 2 amide bonds. The van der Waals surface area contributed by atoms with Gasteiger partial charge in [0, 0.05) is 12.1 Å². The maximum Gasteiger partial charge on any atom is 0.248 e. The standard InChI is InChI=1S/C15H24N4O4/c1-8(2)16-14(20)10-6-22-12(18-10)5-13-19-11(7-23-13)15(21)17-9(3)4/h8-11H,5-7H2,1-4H3,(H,16,20)(H,17,21)/t10-,11-/m0/s1. The highest BCUT2D eigenvalue weighted by molar-refractivity contribution is 6.01. The molecule has 0 aliphatic carbocycles.